The molecule has 0 spiro atoms. The minimum Gasteiger partial charge on any atom is -0.497 e. The molecule has 0 saturated carbocycles. The van der Waals surface area contributed by atoms with Gasteiger partial charge in [-0.2, -0.15) is 0 Å². The number of hydrogen-bond acceptors (Lipinski definition) is 2. The Morgan fingerprint density at radius 3 is 2.53 bits per heavy atom. The number of benzene rings is 2. The molecule has 1 unspecified atom stereocenters. The largest absolute Gasteiger partial charge is 0.497 e. The van der Waals surface area contributed by atoms with Crippen molar-refractivity contribution in [2.45, 2.75) is 18.9 Å². The van der Waals surface area contributed by atoms with Gasteiger partial charge in [0.15, 0.2) is 0 Å². The molecule has 2 aromatic carbocycles. The van der Waals surface area contributed by atoms with Crippen LogP contribution in [0.15, 0.2) is 53.0 Å². The Labute approximate surface area is 122 Å². The molecular formula is C16H18BrNO. The van der Waals surface area contributed by atoms with Gasteiger partial charge in [0.25, 0.3) is 0 Å². The molecule has 1 atom stereocenters. The van der Waals surface area contributed by atoms with Crippen molar-refractivity contribution in [3.63, 3.8) is 0 Å². The van der Waals surface area contributed by atoms with Gasteiger partial charge in [-0.3, -0.25) is 0 Å². The van der Waals surface area contributed by atoms with Gasteiger partial charge in [-0.25, -0.2) is 0 Å². The Kier molecular flexibility index (Phi) is 5.00. The van der Waals surface area contributed by atoms with E-state index in [2.05, 4.69) is 28.1 Å². The van der Waals surface area contributed by atoms with Gasteiger partial charge in [-0.1, -0.05) is 46.3 Å². The molecule has 2 rings (SSSR count). The Morgan fingerprint density at radius 1 is 1.11 bits per heavy atom. The lowest BCUT2D eigenvalue weighted by Gasteiger charge is -2.14. The van der Waals surface area contributed by atoms with Crippen molar-refractivity contribution in [3.8, 4) is 5.75 Å². The van der Waals surface area contributed by atoms with Crippen molar-refractivity contribution >= 4 is 15.9 Å². The summed E-state index contributed by atoms with van der Waals surface area (Å²) in [6.07, 6.45) is 1.71. The third-order valence-corrected chi connectivity index (χ3v) is 3.85. The monoisotopic (exact) mass is 319 g/mol. The van der Waals surface area contributed by atoms with E-state index >= 15 is 0 Å². The summed E-state index contributed by atoms with van der Waals surface area (Å²) in [5, 5.41) is 0. The van der Waals surface area contributed by atoms with Gasteiger partial charge in [0, 0.05) is 10.5 Å². The summed E-state index contributed by atoms with van der Waals surface area (Å²) in [6.45, 7) is 0. The van der Waals surface area contributed by atoms with Gasteiger partial charge in [0.05, 0.1) is 7.11 Å². The molecule has 0 fully saturated rings. The van der Waals surface area contributed by atoms with Crippen LogP contribution < -0.4 is 10.5 Å². The number of hydrogen-bond donors (Lipinski definition) is 1. The van der Waals surface area contributed by atoms with Crippen molar-refractivity contribution in [1.29, 1.82) is 0 Å². The first-order chi connectivity index (χ1) is 9.19. The van der Waals surface area contributed by atoms with E-state index in [0.717, 1.165) is 23.1 Å². The summed E-state index contributed by atoms with van der Waals surface area (Å²) < 4.78 is 6.33. The van der Waals surface area contributed by atoms with Gasteiger partial charge in [0.1, 0.15) is 5.75 Å². The van der Waals surface area contributed by atoms with Crippen molar-refractivity contribution in [3.05, 3.63) is 64.1 Å². The smallest absolute Gasteiger partial charge is 0.119 e. The lowest BCUT2D eigenvalue weighted by Crippen LogP contribution is -2.25. The van der Waals surface area contributed by atoms with Crippen LogP contribution in [0.1, 0.15) is 11.1 Å². The molecule has 100 valence electrons. The van der Waals surface area contributed by atoms with Gasteiger partial charge >= 0.3 is 0 Å². The molecule has 0 saturated heterocycles. The fraction of sp³-hybridized carbons (Fsp3) is 0.250. The molecule has 0 bridgehead atoms. The van der Waals surface area contributed by atoms with E-state index in [-0.39, 0.29) is 6.04 Å². The summed E-state index contributed by atoms with van der Waals surface area (Å²) in [6, 6.07) is 16.4. The number of rotatable bonds is 5. The normalized spacial score (nSPS) is 12.2. The molecule has 3 heteroatoms. The average molecular weight is 320 g/mol. The summed E-state index contributed by atoms with van der Waals surface area (Å²) >= 11 is 3.56. The highest BCUT2D eigenvalue weighted by Gasteiger charge is 2.09. The predicted octanol–water partition coefficient (Wildman–Crippen LogP) is 3.57. The second kappa shape index (κ2) is 6.73. The lowest BCUT2D eigenvalue weighted by molar-refractivity contribution is 0.414. The van der Waals surface area contributed by atoms with Crippen LogP contribution in [0, 0.1) is 0 Å². The molecule has 2 aromatic rings. The lowest BCUT2D eigenvalue weighted by atomic mass is 10.00. The average Bonchev–Trinajstić information content (AvgIpc) is 2.42. The number of methoxy groups -OCH3 is 1. The van der Waals surface area contributed by atoms with Crippen LogP contribution in [0.2, 0.25) is 0 Å². The minimum atomic E-state index is 0.103. The van der Waals surface area contributed by atoms with E-state index in [1.165, 1.54) is 11.1 Å². The summed E-state index contributed by atoms with van der Waals surface area (Å²) in [7, 11) is 1.68. The fourth-order valence-corrected chi connectivity index (χ4v) is 2.51. The summed E-state index contributed by atoms with van der Waals surface area (Å²) in [4.78, 5) is 0. The third kappa shape index (κ3) is 4.08. The van der Waals surface area contributed by atoms with Gasteiger partial charge in [-0.15, -0.1) is 0 Å². The van der Waals surface area contributed by atoms with Gasteiger partial charge in [-0.05, 0) is 42.2 Å². The second-order valence-electron chi connectivity index (χ2n) is 4.61. The van der Waals surface area contributed by atoms with Crippen molar-refractivity contribution in [2.75, 3.05) is 7.11 Å². The Balaban J connectivity index is 2.04. The molecule has 0 aliphatic rings. The molecular weight excluding hydrogens is 302 g/mol. The fourth-order valence-electron chi connectivity index (χ4n) is 2.11. The number of nitrogens with two attached hydrogens (primary N) is 1. The molecule has 2 N–H and O–H groups in total. The Hall–Kier alpha value is -1.32. The molecule has 2 nitrogen and oxygen atoms in total. The minimum absolute atomic E-state index is 0.103. The van der Waals surface area contributed by atoms with Crippen molar-refractivity contribution < 1.29 is 4.74 Å². The van der Waals surface area contributed by atoms with E-state index in [0.29, 0.717) is 0 Å². The molecule has 19 heavy (non-hydrogen) atoms. The molecule has 0 aliphatic carbocycles. The van der Waals surface area contributed by atoms with Crippen LogP contribution in [0.25, 0.3) is 0 Å². The van der Waals surface area contributed by atoms with Crippen LogP contribution in [0.3, 0.4) is 0 Å². The van der Waals surface area contributed by atoms with E-state index in [1.807, 2.05) is 36.4 Å². The van der Waals surface area contributed by atoms with E-state index in [1.54, 1.807) is 7.11 Å². The van der Waals surface area contributed by atoms with Crippen LogP contribution in [0.5, 0.6) is 5.75 Å². The Morgan fingerprint density at radius 2 is 1.84 bits per heavy atom. The quantitative estimate of drug-likeness (QED) is 0.914. The molecule has 0 amide bonds. The van der Waals surface area contributed by atoms with Crippen LogP contribution in [-0.2, 0) is 12.8 Å². The molecule has 0 aromatic heterocycles. The highest BCUT2D eigenvalue weighted by atomic mass is 79.9. The Bertz CT molecular complexity index is 528. The molecule has 0 aliphatic heterocycles. The first kappa shape index (κ1) is 14.1. The molecule has 0 radical (unpaired) electrons. The van der Waals surface area contributed by atoms with Crippen LogP contribution in [-0.4, -0.2) is 13.2 Å². The maximum Gasteiger partial charge on any atom is 0.119 e. The van der Waals surface area contributed by atoms with Crippen LogP contribution in [0.4, 0.5) is 0 Å². The highest BCUT2D eigenvalue weighted by Crippen LogP contribution is 2.23. The number of halogens is 1. The predicted molar refractivity (Wildman–Crippen MR) is 82.5 cm³/mol. The van der Waals surface area contributed by atoms with E-state index < -0.39 is 0 Å². The van der Waals surface area contributed by atoms with Gasteiger partial charge in [0.2, 0.25) is 0 Å². The maximum absolute atomic E-state index is 6.24. The summed E-state index contributed by atoms with van der Waals surface area (Å²) in [5.74, 6) is 0.866. The zero-order valence-corrected chi connectivity index (χ0v) is 12.6. The third-order valence-electron chi connectivity index (χ3n) is 3.08. The first-order valence-electron chi connectivity index (χ1n) is 6.31. The number of ether oxygens (including phenoxy) is 1. The standard InChI is InChI=1S/C16H18BrNO/c1-19-15-7-8-16(17)13(11-15)10-14(18)9-12-5-3-2-4-6-12/h2-8,11,14H,9-10,18H2,1H3. The zero-order valence-electron chi connectivity index (χ0n) is 11.0. The zero-order chi connectivity index (χ0) is 13.7. The maximum atomic E-state index is 6.24. The first-order valence-corrected chi connectivity index (χ1v) is 7.10. The molecule has 0 heterocycles. The van der Waals surface area contributed by atoms with E-state index in [9.17, 15) is 0 Å². The topological polar surface area (TPSA) is 35.2 Å². The summed E-state index contributed by atoms with van der Waals surface area (Å²) in [5.41, 5.74) is 8.69. The van der Waals surface area contributed by atoms with E-state index in [4.69, 9.17) is 10.5 Å². The second-order valence-corrected chi connectivity index (χ2v) is 5.47. The van der Waals surface area contributed by atoms with Crippen LogP contribution >= 0.6 is 15.9 Å². The van der Waals surface area contributed by atoms with Gasteiger partial charge < -0.3 is 10.5 Å². The SMILES string of the molecule is COc1ccc(Br)c(CC(N)Cc2ccccc2)c1. The highest BCUT2D eigenvalue weighted by molar-refractivity contribution is 9.10. The van der Waals surface area contributed by atoms with Crippen molar-refractivity contribution in [1.82, 2.24) is 0 Å². The van der Waals surface area contributed by atoms with Crippen molar-refractivity contribution in [2.24, 2.45) is 5.73 Å².